The molecule has 36 heavy (non-hydrogen) atoms. The maximum atomic E-state index is 12.7. The molecule has 0 radical (unpaired) electrons. The van der Waals surface area contributed by atoms with Crippen LogP contribution in [0.4, 0.5) is 4.79 Å². The van der Waals surface area contributed by atoms with Gasteiger partial charge in [-0.2, -0.15) is 0 Å². The van der Waals surface area contributed by atoms with E-state index in [4.69, 9.17) is 9.15 Å². The van der Waals surface area contributed by atoms with E-state index in [2.05, 4.69) is 5.32 Å². The molecule has 0 fully saturated rings. The van der Waals surface area contributed by atoms with Crippen LogP contribution >= 0.6 is 0 Å². The Labute approximate surface area is 207 Å². The molecule has 0 spiro atoms. The number of benzene rings is 3. The zero-order chi connectivity index (χ0) is 25.4. The summed E-state index contributed by atoms with van der Waals surface area (Å²) in [5.41, 5.74) is 6.55. The number of ether oxygens (including phenoxy) is 1. The molecule has 0 bridgehead atoms. The Morgan fingerprint density at radius 3 is 2.22 bits per heavy atom. The van der Waals surface area contributed by atoms with Crippen molar-refractivity contribution in [3.8, 4) is 11.1 Å². The fourth-order valence-electron chi connectivity index (χ4n) is 4.85. The van der Waals surface area contributed by atoms with E-state index in [9.17, 15) is 19.5 Å². The fourth-order valence-corrected chi connectivity index (χ4v) is 4.85. The number of hydrogen-bond acceptors (Lipinski definition) is 5. The van der Waals surface area contributed by atoms with E-state index in [1.807, 2.05) is 68.4 Å². The second-order valence-corrected chi connectivity index (χ2v) is 9.09. The number of aliphatic carboxylic acids is 1. The topological polar surface area (TPSA) is 106 Å². The molecule has 1 aromatic heterocycles. The molecule has 1 aliphatic carbocycles. The van der Waals surface area contributed by atoms with Gasteiger partial charge < -0.3 is 19.6 Å². The maximum absolute atomic E-state index is 12.7. The van der Waals surface area contributed by atoms with E-state index in [-0.39, 0.29) is 18.9 Å². The predicted molar refractivity (Wildman–Crippen MR) is 135 cm³/mol. The van der Waals surface area contributed by atoms with Gasteiger partial charge in [0.25, 0.3) is 0 Å². The Hall–Kier alpha value is -4.39. The van der Waals surface area contributed by atoms with Gasteiger partial charge in [0.2, 0.25) is 0 Å². The lowest BCUT2D eigenvalue weighted by Gasteiger charge is -2.18. The summed E-state index contributed by atoms with van der Waals surface area (Å²) < 4.78 is 10.8. The van der Waals surface area contributed by atoms with Crippen LogP contribution in [0.3, 0.4) is 0 Å². The molecule has 1 amide bonds. The van der Waals surface area contributed by atoms with Crippen LogP contribution in [0.2, 0.25) is 0 Å². The zero-order valence-electron chi connectivity index (χ0n) is 19.9. The minimum absolute atomic E-state index is 0.0720. The van der Waals surface area contributed by atoms with Gasteiger partial charge in [0.1, 0.15) is 18.2 Å². The molecule has 5 rings (SSSR count). The lowest BCUT2D eigenvalue weighted by molar-refractivity contribution is -0.139. The number of nitrogens with one attached hydrogen (secondary N) is 1. The molecule has 4 aromatic rings. The summed E-state index contributed by atoms with van der Waals surface area (Å²) in [6.07, 6.45) is -0.923. The van der Waals surface area contributed by atoms with Gasteiger partial charge in [-0.1, -0.05) is 48.5 Å². The average Bonchev–Trinajstić information content (AvgIpc) is 3.17. The number of alkyl carbamates (subject to hydrolysis) is 1. The van der Waals surface area contributed by atoms with Crippen molar-refractivity contribution in [2.24, 2.45) is 0 Å². The van der Waals surface area contributed by atoms with Crippen molar-refractivity contribution in [2.45, 2.75) is 32.2 Å². The van der Waals surface area contributed by atoms with Crippen molar-refractivity contribution < 1.29 is 23.8 Å². The van der Waals surface area contributed by atoms with Crippen LogP contribution in [0.15, 0.2) is 75.9 Å². The van der Waals surface area contributed by atoms with Gasteiger partial charge in [0.15, 0.2) is 0 Å². The Kier molecular flexibility index (Phi) is 6.06. The standard InChI is InChI=1S/C29H25NO6/c1-16-11-23-18(14-27(31)36-26(23)12-17(16)2)13-25(28(32)33)30-29(34)35-15-24-21-9-5-3-7-19(21)20-8-4-6-10-22(20)24/h3-12,14,24-25H,13,15H2,1-2H3,(H,30,34)(H,32,33)/t25-/m0/s1. The quantitative estimate of drug-likeness (QED) is 0.376. The number of hydrogen-bond donors (Lipinski definition) is 2. The molecule has 1 atom stereocenters. The number of fused-ring (bicyclic) bond motifs is 4. The molecule has 1 aliphatic rings. The molecular formula is C29H25NO6. The van der Waals surface area contributed by atoms with Crippen LogP contribution in [-0.4, -0.2) is 29.8 Å². The average molecular weight is 484 g/mol. The summed E-state index contributed by atoms with van der Waals surface area (Å²) in [4.78, 5) is 36.8. The second-order valence-electron chi connectivity index (χ2n) is 9.09. The molecule has 0 saturated carbocycles. The Morgan fingerprint density at radius 2 is 1.58 bits per heavy atom. The SMILES string of the molecule is Cc1cc2oc(=O)cc(C[C@H](NC(=O)OCC3c4ccccc4-c4ccccc43)C(=O)O)c2cc1C. The zero-order valence-corrected chi connectivity index (χ0v) is 19.9. The largest absolute Gasteiger partial charge is 0.480 e. The molecule has 1 heterocycles. The first kappa shape index (κ1) is 23.4. The molecule has 0 aliphatic heterocycles. The molecule has 182 valence electrons. The van der Waals surface area contributed by atoms with E-state index in [1.54, 1.807) is 6.07 Å². The van der Waals surface area contributed by atoms with E-state index in [0.717, 1.165) is 33.4 Å². The summed E-state index contributed by atoms with van der Waals surface area (Å²) in [5.74, 6) is -1.37. The molecule has 0 saturated heterocycles. The van der Waals surface area contributed by atoms with Gasteiger partial charge in [-0.25, -0.2) is 14.4 Å². The first-order valence-electron chi connectivity index (χ1n) is 11.7. The number of rotatable bonds is 6. The van der Waals surface area contributed by atoms with Gasteiger partial charge in [-0.3, -0.25) is 0 Å². The number of amides is 1. The minimum atomic E-state index is -1.28. The molecule has 7 nitrogen and oxygen atoms in total. The van der Waals surface area contributed by atoms with Gasteiger partial charge >= 0.3 is 17.7 Å². The third-order valence-electron chi connectivity index (χ3n) is 6.80. The third-order valence-corrected chi connectivity index (χ3v) is 6.80. The van der Waals surface area contributed by atoms with Gasteiger partial charge in [-0.15, -0.1) is 0 Å². The van der Waals surface area contributed by atoms with Crippen LogP contribution in [0.25, 0.3) is 22.1 Å². The summed E-state index contributed by atoms with van der Waals surface area (Å²) in [6, 6.07) is 19.5. The van der Waals surface area contributed by atoms with Gasteiger partial charge in [0.05, 0.1) is 0 Å². The first-order valence-corrected chi connectivity index (χ1v) is 11.7. The Balaban J connectivity index is 1.33. The van der Waals surface area contributed by atoms with Gasteiger partial charge in [-0.05, 0) is 64.9 Å². The third kappa shape index (κ3) is 4.35. The highest BCUT2D eigenvalue weighted by Crippen LogP contribution is 2.44. The summed E-state index contributed by atoms with van der Waals surface area (Å²) >= 11 is 0. The van der Waals surface area contributed by atoms with Crippen molar-refractivity contribution in [1.29, 1.82) is 0 Å². The van der Waals surface area contributed by atoms with Crippen LogP contribution < -0.4 is 10.9 Å². The summed E-state index contributed by atoms with van der Waals surface area (Å²) in [6.45, 7) is 3.90. The molecule has 2 N–H and O–H groups in total. The van der Waals surface area contributed by atoms with E-state index in [1.165, 1.54) is 6.07 Å². The van der Waals surface area contributed by atoms with Crippen molar-refractivity contribution in [3.63, 3.8) is 0 Å². The number of carbonyl (C=O) groups is 2. The van der Waals surface area contributed by atoms with Crippen LogP contribution in [-0.2, 0) is 16.0 Å². The normalized spacial score (nSPS) is 13.2. The molecule has 3 aromatic carbocycles. The maximum Gasteiger partial charge on any atom is 0.407 e. The fraction of sp³-hybridized carbons (Fsp3) is 0.207. The highest BCUT2D eigenvalue weighted by atomic mass is 16.5. The lowest BCUT2D eigenvalue weighted by Crippen LogP contribution is -2.43. The molecular weight excluding hydrogens is 458 g/mol. The predicted octanol–water partition coefficient (Wildman–Crippen LogP) is 4.94. The van der Waals surface area contributed by atoms with Crippen LogP contribution in [0, 0.1) is 13.8 Å². The smallest absolute Gasteiger partial charge is 0.407 e. The van der Waals surface area contributed by atoms with E-state index < -0.39 is 23.7 Å². The number of carbonyl (C=O) groups excluding carboxylic acids is 1. The van der Waals surface area contributed by atoms with Gasteiger partial charge in [0, 0.05) is 23.8 Å². The minimum Gasteiger partial charge on any atom is -0.480 e. The van der Waals surface area contributed by atoms with Crippen LogP contribution in [0.5, 0.6) is 0 Å². The second kappa shape index (κ2) is 9.34. The molecule has 7 heteroatoms. The van der Waals surface area contributed by atoms with Crippen molar-refractivity contribution >= 4 is 23.0 Å². The van der Waals surface area contributed by atoms with Crippen molar-refractivity contribution in [1.82, 2.24) is 5.32 Å². The van der Waals surface area contributed by atoms with Crippen LogP contribution in [0.1, 0.15) is 33.7 Å². The monoisotopic (exact) mass is 483 g/mol. The number of carboxylic acids is 1. The van der Waals surface area contributed by atoms with E-state index >= 15 is 0 Å². The van der Waals surface area contributed by atoms with Crippen molar-refractivity contribution in [2.75, 3.05) is 6.61 Å². The Bertz CT molecular complexity index is 1510. The highest BCUT2D eigenvalue weighted by Gasteiger charge is 2.30. The molecule has 0 unspecified atom stereocenters. The number of carboxylic acid groups (broad SMARTS) is 1. The van der Waals surface area contributed by atoms with Crippen molar-refractivity contribution in [3.05, 3.63) is 105 Å². The highest BCUT2D eigenvalue weighted by molar-refractivity contribution is 5.85. The summed E-state index contributed by atoms with van der Waals surface area (Å²) in [5, 5.41) is 12.9. The summed E-state index contributed by atoms with van der Waals surface area (Å²) in [7, 11) is 0. The first-order chi connectivity index (χ1) is 17.3. The van der Waals surface area contributed by atoms with E-state index in [0.29, 0.717) is 16.5 Å². The lowest BCUT2D eigenvalue weighted by atomic mass is 9.98. The Morgan fingerprint density at radius 1 is 0.972 bits per heavy atom. The number of aryl methyl sites for hydroxylation is 2.